The van der Waals surface area contributed by atoms with Crippen LogP contribution in [0.25, 0.3) is 0 Å². The van der Waals surface area contributed by atoms with Crippen LogP contribution in [0.2, 0.25) is 0 Å². The molecular weight excluding hydrogens is 406 g/mol. The zero-order valence-electron chi connectivity index (χ0n) is 18.4. The topological polar surface area (TPSA) is 79.0 Å². The van der Waals surface area contributed by atoms with Gasteiger partial charge in [0, 0.05) is 13.6 Å². The number of hydrogen-bond acceptors (Lipinski definition) is 5. The molecule has 0 saturated carbocycles. The number of benzene rings is 2. The normalized spacial score (nSPS) is 15.1. The van der Waals surface area contributed by atoms with Crippen LogP contribution in [0.4, 0.5) is 5.69 Å². The largest absolute Gasteiger partial charge is 0.482 e. The van der Waals surface area contributed by atoms with Crippen LogP contribution in [-0.4, -0.2) is 55.9 Å². The van der Waals surface area contributed by atoms with Crippen molar-refractivity contribution in [2.45, 2.75) is 32.1 Å². The molecule has 0 aromatic heterocycles. The molecule has 0 aliphatic carbocycles. The van der Waals surface area contributed by atoms with Crippen molar-refractivity contribution in [3.05, 3.63) is 59.2 Å². The van der Waals surface area contributed by atoms with Gasteiger partial charge in [-0.3, -0.25) is 19.3 Å². The third-order valence-electron chi connectivity index (χ3n) is 6.04. The van der Waals surface area contributed by atoms with Crippen molar-refractivity contribution < 1.29 is 19.1 Å². The lowest BCUT2D eigenvalue weighted by Gasteiger charge is -2.26. The lowest BCUT2D eigenvalue weighted by molar-refractivity contribution is -0.121. The number of unbranched alkanes of at least 4 members (excludes halogenated alkanes) is 2. The summed E-state index contributed by atoms with van der Waals surface area (Å²) in [5.41, 5.74) is 3.07. The molecule has 0 atom stereocenters. The van der Waals surface area contributed by atoms with E-state index in [1.807, 2.05) is 12.1 Å². The maximum atomic E-state index is 12.3. The number of carbonyl (C=O) groups is 3. The zero-order valence-corrected chi connectivity index (χ0v) is 18.4. The van der Waals surface area contributed by atoms with Gasteiger partial charge in [-0.05, 0) is 75.0 Å². The van der Waals surface area contributed by atoms with Crippen LogP contribution < -0.4 is 15.0 Å². The first-order valence-electron chi connectivity index (χ1n) is 11.2. The number of ether oxygens (including phenoxy) is 1. The van der Waals surface area contributed by atoms with E-state index in [9.17, 15) is 14.4 Å². The number of hydrogen-bond donors (Lipinski definition) is 1. The summed E-state index contributed by atoms with van der Waals surface area (Å²) in [6.45, 7) is 2.38. The van der Waals surface area contributed by atoms with Crippen LogP contribution in [0.3, 0.4) is 0 Å². The van der Waals surface area contributed by atoms with Crippen molar-refractivity contribution in [3.8, 4) is 5.75 Å². The molecule has 7 nitrogen and oxygen atoms in total. The van der Waals surface area contributed by atoms with Crippen molar-refractivity contribution in [1.82, 2.24) is 10.2 Å². The molecule has 2 heterocycles. The van der Waals surface area contributed by atoms with Crippen LogP contribution in [0.1, 0.15) is 52.0 Å². The molecule has 1 N–H and O–H groups in total. The fourth-order valence-corrected chi connectivity index (χ4v) is 4.14. The first-order chi connectivity index (χ1) is 15.6. The highest BCUT2D eigenvalue weighted by Gasteiger charge is 2.34. The molecular formula is C25H29N3O4. The van der Waals surface area contributed by atoms with Crippen molar-refractivity contribution in [2.75, 3.05) is 38.2 Å². The summed E-state index contributed by atoms with van der Waals surface area (Å²) in [6.07, 6.45) is 4.81. The Morgan fingerprint density at radius 2 is 1.59 bits per heavy atom. The summed E-state index contributed by atoms with van der Waals surface area (Å²) in [4.78, 5) is 39.4. The molecule has 2 aliphatic heterocycles. The number of likely N-dealkylation sites (N-methyl/N-ethyl adjacent to an activating group) is 1. The number of aryl methyl sites for hydroxylation is 1. The van der Waals surface area contributed by atoms with Crippen LogP contribution in [0.5, 0.6) is 5.75 Å². The van der Waals surface area contributed by atoms with E-state index in [-0.39, 0.29) is 24.3 Å². The van der Waals surface area contributed by atoms with E-state index >= 15 is 0 Å². The maximum absolute atomic E-state index is 12.3. The van der Waals surface area contributed by atoms with Gasteiger partial charge >= 0.3 is 0 Å². The highest BCUT2D eigenvalue weighted by atomic mass is 16.5. The minimum absolute atomic E-state index is 0.0277. The molecule has 0 unspecified atom stereocenters. The predicted octanol–water partition coefficient (Wildman–Crippen LogP) is 3.03. The zero-order chi connectivity index (χ0) is 22.5. The van der Waals surface area contributed by atoms with E-state index in [2.05, 4.69) is 11.4 Å². The number of anilines is 1. The summed E-state index contributed by atoms with van der Waals surface area (Å²) in [7, 11) is 1.77. The van der Waals surface area contributed by atoms with Crippen molar-refractivity contribution in [1.29, 1.82) is 0 Å². The average Bonchev–Trinajstić information content (AvgIpc) is 3.05. The maximum Gasteiger partial charge on any atom is 0.264 e. The van der Waals surface area contributed by atoms with E-state index in [4.69, 9.17) is 4.74 Å². The smallest absolute Gasteiger partial charge is 0.264 e. The van der Waals surface area contributed by atoms with Crippen LogP contribution in [0.15, 0.2) is 42.5 Å². The third-order valence-corrected chi connectivity index (χ3v) is 6.04. The second-order valence-electron chi connectivity index (χ2n) is 8.27. The van der Waals surface area contributed by atoms with E-state index in [0.717, 1.165) is 56.6 Å². The number of nitrogens with zero attached hydrogens (tertiary/aromatic N) is 2. The quantitative estimate of drug-likeness (QED) is 0.458. The van der Waals surface area contributed by atoms with Crippen LogP contribution >= 0.6 is 0 Å². The Morgan fingerprint density at radius 1 is 0.906 bits per heavy atom. The van der Waals surface area contributed by atoms with Gasteiger partial charge in [-0.1, -0.05) is 18.2 Å². The van der Waals surface area contributed by atoms with Gasteiger partial charge in [0.05, 0.1) is 16.8 Å². The molecule has 7 heteroatoms. The van der Waals surface area contributed by atoms with Gasteiger partial charge in [0.15, 0.2) is 6.61 Å². The monoisotopic (exact) mass is 435 g/mol. The summed E-state index contributed by atoms with van der Waals surface area (Å²) in [5.74, 6) is 0.398. The van der Waals surface area contributed by atoms with Gasteiger partial charge < -0.3 is 15.0 Å². The highest BCUT2D eigenvalue weighted by Crippen LogP contribution is 2.32. The standard InChI is InChI=1S/C25H29N3O4/c1-27-21-12-11-18(16-22(21)32-17-23(27)29)8-4-5-13-26-14-6-7-15-28-24(30)19-9-2-3-10-20(19)25(28)31/h2-3,9-12,16,26H,4-8,13-15,17H2,1H3. The molecule has 2 aromatic carbocycles. The number of fused-ring (bicyclic) bond motifs is 2. The van der Waals surface area contributed by atoms with Gasteiger partial charge in [-0.25, -0.2) is 0 Å². The molecule has 0 spiro atoms. The van der Waals surface area contributed by atoms with E-state index in [0.29, 0.717) is 17.7 Å². The van der Waals surface area contributed by atoms with E-state index in [1.54, 1.807) is 36.2 Å². The first kappa shape index (κ1) is 22.0. The molecule has 0 fully saturated rings. The molecule has 0 radical (unpaired) electrons. The molecule has 2 aromatic rings. The van der Waals surface area contributed by atoms with Crippen LogP contribution in [0, 0.1) is 0 Å². The molecule has 168 valence electrons. The Kier molecular flexibility index (Phi) is 6.85. The predicted molar refractivity (Wildman–Crippen MR) is 122 cm³/mol. The summed E-state index contributed by atoms with van der Waals surface area (Å²) >= 11 is 0. The van der Waals surface area contributed by atoms with Crippen molar-refractivity contribution in [3.63, 3.8) is 0 Å². The van der Waals surface area contributed by atoms with Gasteiger partial charge in [0.25, 0.3) is 17.7 Å². The second-order valence-corrected chi connectivity index (χ2v) is 8.27. The summed E-state index contributed by atoms with van der Waals surface area (Å²) in [6, 6.07) is 13.1. The Morgan fingerprint density at radius 3 is 2.31 bits per heavy atom. The van der Waals surface area contributed by atoms with Crippen LogP contribution in [-0.2, 0) is 11.2 Å². The van der Waals surface area contributed by atoms with E-state index in [1.165, 1.54) is 10.5 Å². The highest BCUT2D eigenvalue weighted by molar-refractivity contribution is 6.21. The van der Waals surface area contributed by atoms with E-state index < -0.39 is 0 Å². The molecule has 0 bridgehead atoms. The first-order valence-corrected chi connectivity index (χ1v) is 11.2. The Balaban J connectivity index is 1.08. The molecule has 4 rings (SSSR count). The Hall–Kier alpha value is -3.19. The minimum Gasteiger partial charge on any atom is -0.482 e. The molecule has 32 heavy (non-hydrogen) atoms. The Bertz CT molecular complexity index is 985. The lowest BCUT2D eigenvalue weighted by atomic mass is 10.1. The molecule has 0 saturated heterocycles. The van der Waals surface area contributed by atoms with Gasteiger partial charge in [-0.15, -0.1) is 0 Å². The number of imide groups is 1. The number of carbonyl (C=O) groups excluding carboxylic acids is 3. The second kappa shape index (κ2) is 9.96. The van der Waals surface area contributed by atoms with Gasteiger partial charge in [0.2, 0.25) is 0 Å². The minimum atomic E-state index is -0.176. The average molecular weight is 436 g/mol. The lowest BCUT2D eigenvalue weighted by Crippen LogP contribution is -2.35. The van der Waals surface area contributed by atoms with Gasteiger partial charge in [0.1, 0.15) is 5.75 Å². The summed E-state index contributed by atoms with van der Waals surface area (Å²) < 4.78 is 5.55. The van der Waals surface area contributed by atoms with Crippen molar-refractivity contribution >= 4 is 23.4 Å². The number of rotatable bonds is 10. The number of amides is 3. The number of nitrogens with one attached hydrogen (secondary N) is 1. The molecule has 2 aliphatic rings. The fraction of sp³-hybridized carbons (Fsp3) is 0.400. The Labute approximate surface area is 188 Å². The fourth-order valence-electron chi connectivity index (χ4n) is 4.14. The third kappa shape index (κ3) is 4.67. The molecule has 3 amide bonds. The SMILES string of the molecule is CN1C(=O)COc2cc(CCCCNCCCCN3C(=O)c4ccccc4C3=O)ccc21. The van der Waals surface area contributed by atoms with Crippen molar-refractivity contribution in [2.24, 2.45) is 0 Å². The summed E-state index contributed by atoms with van der Waals surface area (Å²) in [5, 5.41) is 3.44. The van der Waals surface area contributed by atoms with Gasteiger partial charge in [-0.2, -0.15) is 0 Å².